The number of nitrogens with two attached hydrogens (primary N) is 1. The number of anilines is 1. The topological polar surface area (TPSA) is 138 Å². The maximum absolute atomic E-state index is 10.3. The molecule has 1 fully saturated rings. The Balaban J connectivity index is 1.92. The van der Waals surface area contributed by atoms with E-state index in [1.807, 2.05) is 0 Å². The van der Waals surface area contributed by atoms with E-state index in [1.165, 1.54) is 12.7 Å². The van der Waals surface area contributed by atoms with Gasteiger partial charge in [0.05, 0.1) is 26.1 Å². The Labute approximate surface area is 131 Å². The van der Waals surface area contributed by atoms with Gasteiger partial charge in [-0.15, -0.1) is 0 Å². The number of hydrogen-bond donors (Lipinski definition) is 3. The van der Waals surface area contributed by atoms with Crippen LogP contribution in [0, 0.1) is 0 Å². The van der Waals surface area contributed by atoms with E-state index in [0.29, 0.717) is 17.8 Å². The van der Waals surface area contributed by atoms with E-state index < -0.39 is 24.5 Å². The van der Waals surface area contributed by atoms with Gasteiger partial charge in [-0.3, -0.25) is 4.57 Å². The number of aliphatic hydroxyl groups is 2. The summed E-state index contributed by atoms with van der Waals surface area (Å²) in [6.07, 6.45) is -0.317. The molecule has 1 aliphatic rings. The average molecular weight is 325 g/mol. The van der Waals surface area contributed by atoms with Crippen molar-refractivity contribution in [1.82, 2.24) is 19.5 Å². The number of fused-ring (bicyclic) bond motifs is 1. The van der Waals surface area contributed by atoms with Gasteiger partial charge in [-0.2, -0.15) is 0 Å². The number of aromatic nitrogens is 4. The lowest BCUT2D eigenvalue weighted by atomic mass is 10.1. The average Bonchev–Trinajstić information content (AvgIpc) is 3.10. The molecule has 1 aliphatic heterocycles. The predicted molar refractivity (Wildman–Crippen MR) is 78.4 cm³/mol. The van der Waals surface area contributed by atoms with Crippen LogP contribution >= 0.6 is 0 Å². The highest BCUT2D eigenvalue weighted by molar-refractivity contribution is 5.81. The number of hydrogen-bond acceptors (Lipinski definition) is 9. The van der Waals surface area contributed by atoms with Gasteiger partial charge in [0.1, 0.15) is 30.2 Å². The third kappa shape index (κ3) is 2.86. The molecule has 4 atom stereocenters. The molecule has 1 saturated heterocycles. The van der Waals surface area contributed by atoms with Crippen molar-refractivity contribution in [2.45, 2.75) is 24.5 Å². The van der Waals surface area contributed by atoms with Crippen molar-refractivity contribution in [2.75, 3.05) is 32.7 Å². The van der Waals surface area contributed by atoms with Crippen LogP contribution in [0.2, 0.25) is 0 Å². The molecular weight excluding hydrogens is 306 g/mol. The van der Waals surface area contributed by atoms with Gasteiger partial charge in [-0.1, -0.05) is 0 Å². The molecule has 3 heterocycles. The van der Waals surface area contributed by atoms with Crippen molar-refractivity contribution in [3.8, 4) is 0 Å². The lowest BCUT2D eigenvalue weighted by Gasteiger charge is -2.21. The summed E-state index contributed by atoms with van der Waals surface area (Å²) in [6.45, 7) is 0.324. The van der Waals surface area contributed by atoms with Crippen molar-refractivity contribution in [3.05, 3.63) is 12.7 Å². The van der Waals surface area contributed by atoms with Gasteiger partial charge in [0.15, 0.2) is 17.7 Å². The fourth-order valence-corrected chi connectivity index (χ4v) is 2.60. The molecule has 0 saturated carbocycles. The Kier molecular flexibility index (Phi) is 4.68. The van der Waals surface area contributed by atoms with Gasteiger partial charge in [0.25, 0.3) is 0 Å². The fourth-order valence-electron chi connectivity index (χ4n) is 2.60. The van der Waals surface area contributed by atoms with Crippen LogP contribution in [0.4, 0.5) is 5.82 Å². The summed E-state index contributed by atoms with van der Waals surface area (Å²) in [7, 11) is 1.56. The molecule has 0 aromatic carbocycles. The van der Waals surface area contributed by atoms with Crippen LogP contribution in [0.3, 0.4) is 0 Å². The first-order valence-electron chi connectivity index (χ1n) is 7.15. The molecule has 2 aromatic rings. The SMILES string of the molecule is COCCO[C@H]1[C@@H](O)[C@H](CO)O[C@@H]1n1cnc2c(N)ncnc21. The second-order valence-electron chi connectivity index (χ2n) is 5.15. The van der Waals surface area contributed by atoms with E-state index in [1.54, 1.807) is 11.7 Å². The molecule has 0 unspecified atom stereocenters. The Hall–Kier alpha value is -1.85. The van der Waals surface area contributed by atoms with Gasteiger partial charge in [0.2, 0.25) is 0 Å². The van der Waals surface area contributed by atoms with Crippen molar-refractivity contribution >= 4 is 17.0 Å². The minimum Gasteiger partial charge on any atom is -0.394 e. The number of nitrogens with zero attached hydrogens (tertiary/aromatic N) is 4. The summed E-state index contributed by atoms with van der Waals surface area (Å²) in [4.78, 5) is 12.2. The zero-order valence-corrected chi connectivity index (χ0v) is 12.6. The number of ether oxygens (including phenoxy) is 3. The molecule has 23 heavy (non-hydrogen) atoms. The lowest BCUT2D eigenvalue weighted by Crippen LogP contribution is -2.36. The normalized spacial score (nSPS) is 27.8. The molecule has 3 rings (SSSR count). The van der Waals surface area contributed by atoms with E-state index in [2.05, 4.69) is 15.0 Å². The van der Waals surface area contributed by atoms with E-state index in [4.69, 9.17) is 19.9 Å². The second-order valence-corrected chi connectivity index (χ2v) is 5.15. The van der Waals surface area contributed by atoms with E-state index >= 15 is 0 Å². The molecule has 0 bridgehead atoms. The van der Waals surface area contributed by atoms with Crippen LogP contribution in [0.15, 0.2) is 12.7 Å². The summed E-state index contributed by atoms with van der Waals surface area (Å²) in [5.74, 6) is 0.253. The third-order valence-electron chi connectivity index (χ3n) is 3.75. The summed E-state index contributed by atoms with van der Waals surface area (Å²) in [5.41, 5.74) is 6.68. The van der Waals surface area contributed by atoms with Crippen molar-refractivity contribution in [3.63, 3.8) is 0 Å². The van der Waals surface area contributed by atoms with Crippen LogP contribution in [-0.4, -0.2) is 75.0 Å². The molecule has 10 nitrogen and oxygen atoms in total. The number of imidazole rings is 1. The third-order valence-corrected chi connectivity index (χ3v) is 3.75. The molecule has 0 aliphatic carbocycles. The summed E-state index contributed by atoms with van der Waals surface area (Å²) < 4.78 is 17.9. The van der Waals surface area contributed by atoms with Gasteiger partial charge in [-0.05, 0) is 0 Å². The molecule has 126 valence electrons. The predicted octanol–water partition coefficient (Wildman–Crippen LogP) is -1.31. The van der Waals surface area contributed by atoms with Crippen molar-refractivity contribution in [1.29, 1.82) is 0 Å². The molecule has 0 spiro atoms. The van der Waals surface area contributed by atoms with E-state index in [-0.39, 0.29) is 19.0 Å². The number of nitrogen functional groups attached to an aromatic ring is 1. The fraction of sp³-hybridized carbons (Fsp3) is 0.615. The van der Waals surface area contributed by atoms with Gasteiger partial charge < -0.3 is 30.2 Å². The quantitative estimate of drug-likeness (QED) is 0.553. The largest absolute Gasteiger partial charge is 0.394 e. The Morgan fingerprint density at radius 3 is 2.91 bits per heavy atom. The van der Waals surface area contributed by atoms with Crippen LogP contribution in [0.1, 0.15) is 6.23 Å². The Morgan fingerprint density at radius 2 is 2.17 bits per heavy atom. The first-order chi connectivity index (χ1) is 11.2. The van der Waals surface area contributed by atoms with Crippen LogP contribution in [0.25, 0.3) is 11.2 Å². The first-order valence-corrected chi connectivity index (χ1v) is 7.15. The van der Waals surface area contributed by atoms with Crippen molar-refractivity contribution < 1.29 is 24.4 Å². The number of rotatable bonds is 6. The molecule has 0 amide bonds. The Morgan fingerprint density at radius 1 is 1.35 bits per heavy atom. The van der Waals surface area contributed by atoms with Crippen LogP contribution in [0.5, 0.6) is 0 Å². The highest BCUT2D eigenvalue weighted by Crippen LogP contribution is 2.33. The molecular formula is C13H19N5O5. The van der Waals surface area contributed by atoms with Gasteiger partial charge in [-0.25, -0.2) is 15.0 Å². The molecule has 2 aromatic heterocycles. The maximum atomic E-state index is 10.3. The summed E-state index contributed by atoms with van der Waals surface area (Å²) in [5, 5.41) is 19.7. The minimum atomic E-state index is -0.988. The van der Waals surface area contributed by atoms with Crippen LogP contribution in [-0.2, 0) is 14.2 Å². The van der Waals surface area contributed by atoms with Gasteiger partial charge >= 0.3 is 0 Å². The van der Waals surface area contributed by atoms with E-state index in [9.17, 15) is 10.2 Å². The standard InChI is InChI=1S/C13H19N5O5/c1-21-2-3-22-10-9(20)7(4-19)23-13(10)18-6-17-8-11(14)15-5-16-12(8)18/h5-7,9-10,13,19-20H,2-4H2,1H3,(H2,14,15,16)/t7-,9-,10-,13-/m0/s1. The molecule has 0 radical (unpaired) electrons. The molecule has 4 N–H and O–H groups in total. The number of methoxy groups -OCH3 is 1. The smallest absolute Gasteiger partial charge is 0.167 e. The second kappa shape index (κ2) is 6.72. The maximum Gasteiger partial charge on any atom is 0.167 e. The zero-order chi connectivity index (χ0) is 16.4. The number of aliphatic hydroxyl groups excluding tert-OH is 2. The van der Waals surface area contributed by atoms with Crippen molar-refractivity contribution in [2.24, 2.45) is 0 Å². The zero-order valence-electron chi connectivity index (χ0n) is 12.6. The van der Waals surface area contributed by atoms with E-state index in [0.717, 1.165) is 0 Å². The highest BCUT2D eigenvalue weighted by Gasteiger charge is 2.45. The van der Waals surface area contributed by atoms with Gasteiger partial charge in [0, 0.05) is 7.11 Å². The summed E-state index contributed by atoms with van der Waals surface area (Å²) in [6, 6.07) is 0. The molecule has 10 heteroatoms. The summed E-state index contributed by atoms with van der Waals surface area (Å²) >= 11 is 0. The highest BCUT2D eigenvalue weighted by atomic mass is 16.6. The lowest BCUT2D eigenvalue weighted by molar-refractivity contribution is -0.0785. The monoisotopic (exact) mass is 325 g/mol. The first kappa shape index (κ1) is 16.0. The minimum absolute atomic E-state index is 0.253. The Bertz CT molecular complexity index is 665. The van der Waals surface area contributed by atoms with Crippen LogP contribution < -0.4 is 5.73 Å².